The number of rotatable bonds is 6. The molecule has 150 valence electrons. The molecule has 0 radical (unpaired) electrons. The van der Waals surface area contributed by atoms with Crippen molar-refractivity contribution in [3.63, 3.8) is 0 Å². The Bertz CT molecular complexity index is 884. The molecule has 1 aliphatic heterocycles. The summed E-state index contributed by atoms with van der Waals surface area (Å²) in [6.07, 6.45) is -1.44. The van der Waals surface area contributed by atoms with Crippen LogP contribution in [0.3, 0.4) is 0 Å². The van der Waals surface area contributed by atoms with Crippen LogP contribution in [-0.2, 0) is 14.2 Å². The van der Waals surface area contributed by atoms with Crippen molar-refractivity contribution in [1.82, 2.24) is 0 Å². The second kappa shape index (κ2) is 9.73. The number of hydrogen-bond donors (Lipinski definition) is 0. The van der Waals surface area contributed by atoms with E-state index in [1.807, 2.05) is 6.07 Å². The van der Waals surface area contributed by atoms with Gasteiger partial charge in [0.25, 0.3) is 0 Å². The van der Waals surface area contributed by atoms with E-state index in [-0.39, 0.29) is 13.0 Å². The topological polar surface area (TPSA) is 111 Å². The molecule has 0 spiro atoms. The largest absolute Gasteiger partial charge is 0.459 e. The molecule has 0 amide bonds. The first kappa shape index (κ1) is 20.4. The van der Waals surface area contributed by atoms with Gasteiger partial charge in [-0.25, -0.2) is 9.59 Å². The smallest absolute Gasteiger partial charge is 0.338 e. The molecule has 1 fully saturated rings. The Hall–Kier alpha value is -3.35. The van der Waals surface area contributed by atoms with Crippen LogP contribution in [0.25, 0.3) is 10.4 Å². The summed E-state index contributed by atoms with van der Waals surface area (Å²) in [6, 6.07) is 16.5. The van der Waals surface area contributed by atoms with Gasteiger partial charge in [0.1, 0.15) is 18.8 Å². The normalized spacial score (nSPS) is 23.5. The van der Waals surface area contributed by atoms with Crippen LogP contribution in [0.5, 0.6) is 0 Å². The molecule has 29 heavy (non-hydrogen) atoms. The van der Waals surface area contributed by atoms with Crippen molar-refractivity contribution in [3.05, 3.63) is 82.2 Å². The van der Waals surface area contributed by atoms with Gasteiger partial charge >= 0.3 is 11.9 Å². The lowest BCUT2D eigenvalue weighted by Gasteiger charge is -2.37. The van der Waals surface area contributed by atoms with E-state index >= 15 is 0 Å². The summed E-state index contributed by atoms with van der Waals surface area (Å²) in [4.78, 5) is 27.4. The maximum absolute atomic E-state index is 12.4. The van der Waals surface area contributed by atoms with Crippen LogP contribution < -0.4 is 0 Å². The molecule has 0 aliphatic carbocycles. The Morgan fingerprint density at radius 3 is 2.24 bits per heavy atom. The molecule has 3 rings (SSSR count). The minimum Gasteiger partial charge on any atom is -0.459 e. The molecule has 4 unspecified atom stereocenters. The molecule has 8 nitrogen and oxygen atoms in total. The standard InChI is InChI=1S/C21H21N3O5/c1-14-19(23-24-22)18(29-21(26)16-10-6-3-7-11-16)12-17(28-14)13-27-20(25)15-8-4-2-5-9-15/h2-11,14,17-19H,12-13H2,1H3. The average molecular weight is 395 g/mol. The lowest BCUT2D eigenvalue weighted by molar-refractivity contribution is -0.121. The summed E-state index contributed by atoms with van der Waals surface area (Å²) >= 11 is 0. The van der Waals surface area contributed by atoms with Crippen LogP contribution in [-0.4, -0.2) is 42.9 Å². The third-order valence-electron chi connectivity index (χ3n) is 4.63. The highest BCUT2D eigenvalue weighted by atomic mass is 16.6. The van der Waals surface area contributed by atoms with Crippen LogP contribution in [0.4, 0.5) is 0 Å². The Kier molecular flexibility index (Phi) is 6.84. The Balaban J connectivity index is 1.66. The van der Waals surface area contributed by atoms with E-state index in [1.165, 1.54) is 0 Å². The highest BCUT2D eigenvalue weighted by molar-refractivity contribution is 5.89. The first-order chi connectivity index (χ1) is 14.1. The minimum absolute atomic E-state index is 0.000439. The summed E-state index contributed by atoms with van der Waals surface area (Å²) in [5.74, 6) is -0.972. The Labute approximate surface area is 168 Å². The number of hydrogen-bond acceptors (Lipinski definition) is 6. The van der Waals surface area contributed by atoms with Crippen LogP contribution in [0.1, 0.15) is 34.1 Å². The number of carbonyl (C=O) groups excluding carboxylic acids is 2. The Morgan fingerprint density at radius 1 is 1.07 bits per heavy atom. The molecule has 0 bridgehead atoms. The minimum atomic E-state index is -0.692. The summed E-state index contributed by atoms with van der Waals surface area (Å²) in [7, 11) is 0. The van der Waals surface area contributed by atoms with E-state index in [0.717, 1.165) is 0 Å². The molecule has 0 N–H and O–H groups in total. The van der Waals surface area contributed by atoms with Gasteiger partial charge in [0.05, 0.1) is 23.3 Å². The van der Waals surface area contributed by atoms with E-state index in [0.29, 0.717) is 11.1 Å². The molecular weight excluding hydrogens is 374 g/mol. The summed E-state index contributed by atoms with van der Waals surface area (Å²) < 4.78 is 16.8. The number of carbonyl (C=O) groups is 2. The maximum atomic E-state index is 12.4. The van der Waals surface area contributed by atoms with Gasteiger partial charge in [0.2, 0.25) is 0 Å². The van der Waals surface area contributed by atoms with Crippen LogP contribution in [0.15, 0.2) is 65.8 Å². The van der Waals surface area contributed by atoms with E-state index < -0.39 is 36.3 Å². The lowest BCUT2D eigenvalue weighted by atomic mass is 9.96. The fourth-order valence-electron chi connectivity index (χ4n) is 3.20. The fourth-order valence-corrected chi connectivity index (χ4v) is 3.20. The van der Waals surface area contributed by atoms with Crippen molar-refractivity contribution in [2.45, 2.75) is 37.7 Å². The molecule has 0 aromatic heterocycles. The zero-order chi connectivity index (χ0) is 20.6. The fraction of sp³-hybridized carbons (Fsp3) is 0.333. The predicted molar refractivity (Wildman–Crippen MR) is 104 cm³/mol. The number of benzene rings is 2. The highest BCUT2D eigenvalue weighted by Crippen LogP contribution is 2.26. The number of ether oxygens (including phenoxy) is 3. The van der Waals surface area contributed by atoms with Gasteiger partial charge in [-0.05, 0) is 36.7 Å². The molecule has 8 heteroatoms. The van der Waals surface area contributed by atoms with E-state index in [9.17, 15) is 9.59 Å². The predicted octanol–water partition coefficient (Wildman–Crippen LogP) is 3.93. The molecular formula is C21H21N3O5. The molecule has 0 saturated carbocycles. The van der Waals surface area contributed by atoms with Gasteiger partial charge < -0.3 is 14.2 Å². The first-order valence-electron chi connectivity index (χ1n) is 9.26. The molecule has 1 heterocycles. The van der Waals surface area contributed by atoms with Gasteiger partial charge in [-0.1, -0.05) is 41.5 Å². The van der Waals surface area contributed by atoms with E-state index in [4.69, 9.17) is 19.7 Å². The third-order valence-corrected chi connectivity index (χ3v) is 4.63. The molecule has 2 aromatic rings. The molecule has 4 atom stereocenters. The SMILES string of the molecule is CC1OC(COC(=O)c2ccccc2)CC(OC(=O)c2ccccc2)C1N=[N+]=[N-]. The number of esters is 2. The quantitative estimate of drug-likeness (QED) is 0.318. The zero-order valence-corrected chi connectivity index (χ0v) is 15.9. The van der Waals surface area contributed by atoms with Crippen molar-refractivity contribution < 1.29 is 23.8 Å². The van der Waals surface area contributed by atoms with Crippen molar-refractivity contribution in [2.75, 3.05) is 6.61 Å². The summed E-state index contributed by atoms with van der Waals surface area (Å²) in [6.45, 7) is 1.73. The molecule has 2 aromatic carbocycles. The highest BCUT2D eigenvalue weighted by Gasteiger charge is 2.39. The van der Waals surface area contributed by atoms with Crippen LogP contribution in [0, 0.1) is 0 Å². The van der Waals surface area contributed by atoms with Crippen LogP contribution >= 0.6 is 0 Å². The summed E-state index contributed by atoms with van der Waals surface area (Å²) in [5, 5.41) is 3.74. The monoisotopic (exact) mass is 395 g/mol. The van der Waals surface area contributed by atoms with E-state index in [1.54, 1.807) is 61.5 Å². The van der Waals surface area contributed by atoms with Crippen LogP contribution in [0.2, 0.25) is 0 Å². The summed E-state index contributed by atoms with van der Waals surface area (Å²) in [5.41, 5.74) is 9.71. The molecule has 1 aliphatic rings. The average Bonchev–Trinajstić information content (AvgIpc) is 2.75. The van der Waals surface area contributed by atoms with Gasteiger partial charge in [-0.3, -0.25) is 0 Å². The number of nitrogens with zero attached hydrogens (tertiary/aromatic N) is 3. The van der Waals surface area contributed by atoms with E-state index in [2.05, 4.69) is 10.0 Å². The van der Waals surface area contributed by atoms with Crippen molar-refractivity contribution in [2.24, 2.45) is 5.11 Å². The van der Waals surface area contributed by atoms with Gasteiger partial charge in [0, 0.05) is 11.3 Å². The second-order valence-corrected chi connectivity index (χ2v) is 6.67. The van der Waals surface area contributed by atoms with Gasteiger partial charge in [0.15, 0.2) is 0 Å². The van der Waals surface area contributed by atoms with Crippen molar-refractivity contribution in [3.8, 4) is 0 Å². The Morgan fingerprint density at radius 2 is 1.66 bits per heavy atom. The van der Waals surface area contributed by atoms with Gasteiger partial charge in [-0.2, -0.15) is 0 Å². The zero-order valence-electron chi connectivity index (χ0n) is 15.9. The van der Waals surface area contributed by atoms with Gasteiger partial charge in [-0.15, -0.1) is 0 Å². The lowest BCUT2D eigenvalue weighted by Crippen LogP contribution is -2.49. The van der Waals surface area contributed by atoms with Crippen molar-refractivity contribution in [1.29, 1.82) is 0 Å². The first-order valence-corrected chi connectivity index (χ1v) is 9.26. The number of azide groups is 1. The third kappa shape index (κ3) is 5.34. The van der Waals surface area contributed by atoms with Crippen molar-refractivity contribution >= 4 is 11.9 Å². The molecule has 1 saturated heterocycles. The maximum Gasteiger partial charge on any atom is 0.338 e. The second-order valence-electron chi connectivity index (χ2n) is 6.67.